The molecule has 1 saturated heterocycles. The van der Waals surface area contributed by atoms with Gasteiger partial charge in [0.2, 0.25) is 5.91 Å². The van der Waals surface area contributed by atoms with E-state index in [2.05, 4.69) is 27.8 Å². The van der Waals surface area contributed by atoms with Crippen molar-refractivity contribution in [3.8, 4) is 0 Å². The van der Waals surface area contributed by atoms with Gasteiger partial charge in [-0.2, -0.15) is 0 Å². The Labute approximate surface area is 130 Å². The number of amides is 1. The number of nitrogens with one attached hydrogen (secondary N) is 1. The van der Waals surface area contributed by atoms with Crippen molar-refractivity contribution in [3.63, 3.8) is 0 Å². The quantitative estimate of drug-likeness (QED) is 0.786. The molecule has 2 rings (SSSR count). The van der Waals surface area contributed by atoms with Crippen LogP contribution in [0.25, 0.3) is 0 Å². The second-order valence-electron chi connectivity index (χ2n) is 5.47. The molecule has 0 spiro atoms. The van der Waals surface area contributed by atoms with E-state index in [9.17, 15) is 14.4 Å². The highest BCUT2D eigenvalue weighted by Crippen LogP contribution is 2.22. The Balaban J connectivity index is 2.16. The van der Waals surface area contributed by atoms with Crippen LogP contribution in [0.3, 0.4) is 0 Å². The van der Waals surface area contributed by atoms with Crippen LogP contribution in [0.2, 0.25) is 0 Å². The summed E-state index contributed by atoms with van der Waals surface area (Å²) in [5.41, 5.74) is 4.65. The average Bonchev–Trinajstić information content (AvgIpc) is 2.44. The van der Waals surface area contributed by atoms with Crippen LogP contribution in [0.4, 0.5) is 0 Å². The molecular weight excluding hydrogens is 340 g/mol. The first-order valence-corrected chi connectivity index (χ1v) is 7.70. The molecule has 1 fully saturated rings. The highest BCUT2D eigenvalue weighted by molar-refractivity contribution is 9.10. The largest absolute Gasteiger partial charge is 0.337 e. The number of carbonyl (C=O) groups excluding carboxylic acids is 1. The van der Waals surface area contributed by atoms with Crippen molar-refractivity contribution in [2.45, 2.75) is 32.4 Å². The molecule has 2 heterocycles. The highest BCUT2D eigenvalue weighted by atomic mass is 79.9. The fourth-order valence-corrected chi connectivity index (χ4v) is 2.99. The van der Waals surface area contributed by atoms with Gasteiger partial charge in [0, 0.05) is 25.3 Å². The lowest BCUT2D eigenvalue weighted by Gasteiger charge is -2.38. The van der Waals surface area contributed by atoms with Crippen LogP contribution >= 0.6 is 15.9 Å². The number of hydrogen-bond acceptors (Lipinski definition) is 4. The first-order valence-electron chi connectivity index (χ1n) is 6.91. The van der Waals surface area contributed by atoms with Crippen molar-refractivity contribution in [1.82, 2.24) is 14.5 Å². The molecule has 7 nitrogen and oxygen atoms in total. The molecule has 0 radical (unpaired) electrons. The van der Waals surface area contributed by atoms with Gasteiger partial charge in [0.1, 0.15) is 6.54 Å². The van der Waals surface area contributed by atoms with E-state index < -0.39 is 11.2 Å². The van der Waals surface area contributed by atoms with Gasteiger partial charge >= 0.3 is 5.69 Å². The van der Waals surface area contributed by atoms with Gasteiger partial charge in [0.25, 0.3) is 5.56 Å². The maximum absolute atomic E-state index is 12.4. The predicted molar refractivity (Wildman–Crippen MR) is 82.0 cm³/mol. The molecule has 0 bridgehead atoms. The molecule has 0 aliphatic carbocycles. The summed E-state index contributed by atoms with van der Waals surface area (Å²) >= 11 is 3.05. The fraction of sp³-hybridized carbons (Fsp3) is 0.615. The van der Waals surface area contributed by atoms with E-state index in [-0.39, 0.29) is 23.0 Å². The number of hydrogen-bond donors (Lipinski definition) is 2. The zero-order valence-corrected chi connectivity index (χ0v) is 13.4. The minimum atomic E-state index is -0.591. The number of aromatic amines is 1. The summed E-state index contributed by atoms with van der Waals surface area (Å²) in [6.07, 6.45) is 3.15. The summed E-state index contributed by atoms with van der Waals surface area (Å²) in [6.45, 7) is 3.12. The van der Waals surface area contributed by atoms with Gasteiger partial charge in [-0.15, -0.1) is 0 Å². The van der Waals surface area contributed by atoms with Gasteiger partial charge in [0.15, 0.2) is 0 Å². The smallest absolute Gasteiger partial charge is 0.328 e. The lowest BCUT2D eigenvalue weighted by atomic mass is 9.92. The van der Waals surface area contributed by atoms with Gasteiger partial charge < -0.3 is 10.6 Å². The Kier molecular flexibility index (Phi) is 5.00. The van der Waals surface area contributed by atoms with Crippen LogP contribution in [0, 0.1) is 5.92 Å². The predicted octanol–water partition coefficient (Wildman–Crippen LogP) is -0.115. The van der Waals surface area contributed by atoms with E-state index in [1.165, 1.54) is 10.8 Å². The van der Waals surface area contributed by atoms with E-state index in [0.29, 0.717) is 19.0 Å². The maximum atomic E-state index is 12.4. The molecule has 1 aromatic heterocycles. The Morgan fingerprint density at radius 1 is 1.52 bits per heavy atom. The van der Waals surface area contributed by atoms with Crippen LogP contribution in [0.15, 0.2) is 20.3 Å². The van der Waals surface area contributed by atoms with Crippen LogP contribution in [0.1, 0.15) is 19.8 Å². The molecule has 1 aliphatic rings. The molecule has 1 amide bonds. The van der Waals surface area contributed by atoms with E-state index in [1.807, 2.05) is 0 Å². The summed E-state index contributed by atoms with van der Waals surface area (Å²) in [5.74, 6) is 0.394. The van der Waals surface area contributed by atoms with Gasteiger partial charge in [-0.1, -0.05) is 6.92 Å². The Bertz CT molecular complexity index is 639. The summed E-state index contributed by atoms with van der Waals surface area (Å²) in [5, 5.41) is 0. The molecule has 2 unspecified atom stereocenters. The first-order chi connectivity index (χ1) is 9.92. The number of halogens is 1. The third-order valence-electron chi connectivity index (χ3n) is 3.84. The van der Waals surface area contributed by atoms with E-state index in [0.717, 1.165) is 12.8 Å². The Morgan fingerprint density at radius 2 is 2.24 bits per heavy atom. The maximum Gasteiger partial charge on any atom is 0.328 e. The second-order valence-corrected chi connectivity index (χ2v) is 6.32. The number of nitrogens with two attached hydrogens (primary N) is 1. The molecule has 2 atom stereocenters. The van der Waals surface area contributed by atoms with E-state index in [1.54, 1.807) is 4.90 Å². The molecule has 1 aliphatic heterocycles. The Morgan fingerprint density at radius 3 is 2.90 bits per heavy atom. The SMILES string of the molecule is CC1CCN(C(=O)Cn2cc(Br)c(=O)[nH]c2=O)C(CN)C1. The number of nitrogens with zero attached hydrogens (tertiary/aromatic N) is 2. The molecule has 0 aromatic carbocycles. The molecule has 3 N–H and O–H groups in total. The van der Waals surface area contributed by atoms with Crippen molar-refractivity contribution < 1.29 is 4.79 Å². The zero-order valence-electron chi connectivity index (χ0n) is 11.8. The van der Waals surface area contributed by atoms with Crippen LogP contribution in [-0.4, -0.2) is 39.5 Å². The topological polar surface area (TPSA) is 101 Å². The molecule has 116 valence electrons. The first kappa shape index (κ1) is 16.0. The van der Waals surface area contributed by atoms with Crippen LogP contribution < -0.4 is 17.0 Å². The summed E-state index contributed by atoms with van der Waals surface area (Å²) in [7, 11) is 0. The van der Waals surface area contributed by atoms with Gasteiger partial charge in [0.05, 0.1) is 4.47 Å². The van der Waals surface area contributed by atoms with Crippen molar-refractivity contribution in [2.75, 3.05) is 13.1 Å². The average molecular weight is 359 g/mol. The van der Waals surface area contributed by atoms with E-state index >= 15 is 0 Å². The second kappa shape index (κ2) is 6.57. The van der Waals surface area contributed by atoms with Crippen molar-refractivity contribution in [2.24, 2.45) is 11.7 Å². The number of rotatable bonds is 3. The lowest BCUT2D eigenvalue weighted by molar-refractivity contribution is -0.136. The van der Waals surface area contributed by atoms with E-state index in [4.69, 9.17) is 5.73 Å². The number of likely N-dealkylation sites (tertiary alicyclic amines) is 1. The summed E-state index contributed by atoms with van der Waals surface area (Å²) in [6, 6.07) is 0.0168. The van der Waals surface area contributed by atoms with Crippen LogP contribution in [0.5, 0.6) is 0 Å². The standard InChI is InChI=1S/C13H19BrN4O3/c1-8-2-3-18(9(4-8)5-15)11(19)7-17-6-10(14)12(20)16-13(17)21/h6,8-9H,2-5,7,15H2,1H3,(H,16,20,21). The molecular formula is C13H19BrN4O3. The summed E-state index contributed by atoms with van der Waals surface area (Å²) in [4.78, 5) is 39.3. The lowest BCUT2D eigenvalue weighted by Crippen LogP contribution is -2.51. The number of piperidine rings is 1. The van der Waals surface area contributed by atoms with Crippen molar-refractivity contribution in [3.05, 3.63) is 31.5 Å². The van der Waals surface area contributed by atoms with Crippen LogP contribution in [-0.2, 0) is 11.3 Å². The monoisotopic (exact) mass is 358 g/mol. The van der Waals surface area contributed by atoms with Gasteiger partial charge in [-0.3, -0.25) is 19.1 Å². The third-order valence-corrected chi connectivity index (χ3v) is 4.41. The Hall–Kier alpha value is -1.41. The minimum absolute atomic E-state index is 0.0168. The number of carbonyl (C=O) groups is 1. The fourth-order valence-electron chi connectivity index (χ4n) is 2.64. The highest BCUT2D eigenvalue weighted by Gasteiger charge is 2.29. The normalized spacial score (nSPS) is 22.3. The summed E-state index contributed by atoms with van der Waals surface area (Å²) < 4.78 is 1.41. The number of aromatic nitrogens is 2. The van der Waals surface area contributed by atoms with Crippen molar-refractivity contribution >= 4 is 21.8 Å². The third kappa shape index (κ3) is 3.62. The number of H-pyrrole nitrogens is 1. The van der Waals surface area contributed by atoms with Gasteiger partial charge in [-0.05, 0) is 34.7 Å². The molecule has 1 aromatic rings. The van der Waals surface area contributed by atoms with Gasteiger partial charge in [-0.25, -0.2) is 4.79 Å². The molecule has 8 heteroatoms. The zero-order chi connectivity index (χ0) is 15.6. The molecule has 0 saturated carbocycles. The molecule has 21 heavy (non-hydrogen) atoms. The van der Waals surface area contributed by atoms with Crippen molar-refractivity contribution in [1.29, 1.82) is 0 Å². The minimum Gasteiger partial charge on any atom is -0.337 e.